The lowest BCUT2D eigenvalue weighted by atomic mass is 9.92. The second kappa shape index (κ2) is 11.1. The minimum atomic E-state index is -6.24. The largest absolute Gasteiger partial charge is 0.570 e. The Morgan fingerprint density at radius 1 is 0.308 bits per heavy atom. The molecule has 0 fully saturated rings. The molecule has 3 heterocycles. The molecule has 0 N–H and O–H groups in total. The molecule has 0 saturated carbocycles. The smallest absolute Gasteiger partial charge is 0.257 e. The van der Waals surface area contributed by atoms with E-state index < -0.39 is 159 Å². The fourth-order valence-electron chi connectivity index (χ4n) is 5.18. The van der Waals surface area contributed by atoms with Crippen LogP contribution in [0.1, 0.15) is 17.1 Å². The highest BCUT2D eigenvalue weighted by atomic mass is 19.4. The second-order valence-corrected chi connectivity index (χ2v) is 10.2. The van der Waals surface area contributed by atoms with E-state index in [4.69, 9.17) is 0 Å². The minimum absolute atomic E-state index is 1.19. The first kappa shape index (κ1) is 36.5. The molecule has 28 heteroatoms. The zero-order valence-electron chi connectivity index (χ0n) is 23.2. The van der Waals surface area contributed by atoms with Gasteiger partial charge in [0.25, 0.3) is 0 Å². The van der Waals surface area contributed by atoms with Gasteiger partial charge in [-0.05, 0) is 0 Å². The van der Waals surface area contributed by atoms with Crippen molar-refractivity contribution in [3.05, 3.63) is 86.9 Å². The lowest BCUT2D eigenvalue weighted by Crippen LogP contribution is -2.45. The summed E-state index contributed by atoms with van der Waals surface area (Å²) in [5.74, 6) is -36.9. The lowest BCUT2D eigenvalue weighted by molar-refractivity contribution is -0.140. The van der Waals surface area contributed by atoms with E-state index in [-0.39, 0.29) is 0 Å². The zero-order chi connectivity index (χ0) is 39.1. The summed E-state index contributed by atoms with van der Waals surface area (Å²) in [5.41, 5.74) is -16.5. The maximum Gasteiger partial charge on any atom is 0.570 e. The predicted molar refractivity (Wildman–Crippen MR) is 126 cm³/mol. The molecule has 0 amide bonds. The van der Waals surface area contributed by atoms with Crippen molar-refractivity contribution in [1.29, 1.82) is 0 Å². The van der Waals surface area contributed by atoms with E-state index in [1.807, 2.05) is 0 Å². The van der Waals surface area contributed by atoms with Gasteiger partial charge in [0.15, 0.2) is 86.9 Å². The van der Waals surface area contributed by atoms with Crippen LogP contribution in [0.3, 0.4) is 0 Å². The Morgan fingerprint density at radius 3 is 0.692 bits per heavy atom. The first-order valence-corrected chi connectivity index (χ1v) is 12.7. The molecule has 0 spiro atoms. The van der Waals surface area contributed by atoms with Crippen molar-refractivity contribution in [1.82, 2.24) is 29.1 Å². The summed E-state index contributed by atoms with van der Waals surface area (Å²) in [6.45, 7) is 0. The van der Waals surface area contributed by atoms with Crippen LogP contribution in [0, 0.1) is 69.8 Å². The van der Waals surface area contributed by atoms with Crippen LogP contribution in [0.15, 0.2) is 0 Å². The van der Waals surface area contributed by atoms with Crippen molar-refractivity contribution in [3.63, 3.8) is 0 Å². The van der Waals surface area contributed by atoms with E-state index in [0.29, 0.717) is 0 Å². The molecule has 6 nitrogen and oxygen atoms in total. The first-order valence-electron chi connectivity index (χ1n) is 12.7. The van der Waals surface area contributed by atoms with Crippen LogP contribution in [0.2, 0.25) is 0 Å². The van der Waals surface area contributed by atoms with Crippen LogP contribution >= 0.6 is 0 Å². The quantitative estimate of drug-likeness (QED) is 0.0785. The Bertz CT molecular complexity index is 2250. The second-order valence-electron chi connectivity index (χ2n) is 10.2. The van der Waals surface area contributed by atoms with Crippen LogP contribution in [-0.2, 0) is 18.5 Å². The number of hydrogen-bond acceptors (Lipinski definition) is 3. The molecule has 52 heavy (non-hydrogen) atoms. The normalized spacial score (nSPS) is 13.1. The highest BCUT2D eigenvalue weighted by molar-refractivity contribution is 6.56. The van der Waals surface area contributed by atoms with Gasteiger partial charge in [0.2, 0.25) is 0 Å². The van der Waals surface area contributed by atoms with E-state index in [1.54, 1.807) is 0 Å². The van der Waals surface area contributed by atoms with Crippen LogP contribution < -0.4 is 0 Å². The number of benzene rings is 3. The summed E-state index contributed by atoms with van der Waals surface area (Å²) >= 11 is 0. The van der Waals surface area contributed by atoms with Crippen LogP contribution in [0.25, 0.3) is 32.7 Å². The van der Waals surface area contributed by atoms with Crippen molar-refractivity contribution < 1.29 is 92.2 Å². The molecule has 0 unspecified atom stereocenters. The Morgan fingerprint density at radius 2 is 0.500 bits per heavy atom. The SMILES string of the molecule is Fc1c(F)c(F)c2c(c(C(F)(F)F)nn2B(n2nc(C(F)(F)F)c3c(F)c(F)c(F)c(F)c32)n2nc(C(F)(F)F)c3c(F)c(F)c(F)c(F)c32)c1F. The number of alkyl halides is 9. The van der Waals surface area contributed by atoms with E-state index in [1.165, 1.54) is 0 Å². The van der Waals surface area contributed by atoms with E-state index >= 15 is 13.2 Å². The maximum absolute atomic E-state index is 15.3. The van der Waals surface area contributed by atoms with Gasteiger partial charge in [-0.2, -0.15) is 54.8 Å². The summed E-state index contributed by atoms with van der Waals surface area (Å²) < 4.78 is 300. The van der Waals surface area contributed by atoms with Crippen LogP contribution in [-0.4, -0.2) is 36.2 Å². The van der Waals surface area contributed by atoms with Gasteiger partial charge in [-0.3, -0.25) is 13.8 Å². The van der Waals surface area contributed by atoms with Gasteiger partial charge in [-0.25, -0.2) is 52.7 Å². The average Bonchev–Trinajstić information content (AvgIpc) is 3.76. The number of rotatable bonds is 3. The monoisotopic (exact) mass is 782 g/mol. The summed E-state index contributed by atoms with van der Waals surface area (Å²) in [4.78, 5) is 0. The number of aromatic nitrogens is 6. The van der Waals surface area contributed by atoms with Gasteiger partial charge in [-0.1, -0.05) is 0 Å². The first-order chi connectivity index (χ1) is 23.7. The predicted octanol–water partition coefficient (Wildman–Crippen LogP) is 8.39. The van der Waals surface area contributed by atoms with E-state index in [9.17, 15) is 79.0 Å². The van der Waals surface area contributed by atoms with Gasteiger partial charge in [0, 0.05) is 0 Å². The summed E-state index contributed by atoms with van der Waals surface area (Å²) in [7, 11) is -4.10. The molecule has 0 bridgehead atoms. The molecular formula is C24BF21N6. The number of nitrogens with zero attached hydrogens (tertiary/aromatic N) is 6. The van der Waals surface area contributed by atoms with Gasteiger partial charge in [0.05, 0.1) is 16.2 Å². The third-order valence-electron chi connectivity index (χ3n) is 7.21. The Hall–Kier alpha value is -5.34. The van der Waals surface area contributed by atoms with Crippen molar-refractivity contribution in [2.75, 3.05) is 0 Å². The number of hydrogen-bond donors (Lipinski definition) is 0. The zero-order valence-corrected chi connectivity index (χ0v) is 23.2. The van der Waals surface area contributed by atoms with Crippen LogP contribution in [0.5, 0.6) is 0 Å². The van der Waals surface area contributed by atoms with Crippen molar-refractivity contribution in [3.8, 4) is 0 Å². The van der Waals surface area contributed by atoms with Gasteiger partial charge in [-0.15, -0.1) is 0 Å². The number of halogens is 21. The van der Waals surface area contributed by atoms with Crippen molar-refractivity contribution >= 4 is 39.8 Å². The molecular weight excluding hydrogens is 782 g/mol. The summed E-state index contributed by atoms with van der Waals surface area (Å²) in [6.07, 6.45) is -18.7. The molecule has 276 valence electrons. The Balaban J connectivity index is 1.99. The Labute approximate surface area is 267 Å². The Kier molecular flexibility index (Phi) is 7.77. The van der Waals surface area contributed by atoms with Gasteiger partial charge >= 0.3 is 25.6 Å². The molecule has 3 aromatic carbocycles. The van der Waals surface area contributed by atoms with Crippen molar-refractivity contribution in [2.24, 2.45) is 0 Å². The van der Waals surface area contributed by atoms with Crippen LogP contribution in [0.4, 0.5) is 92.2 Å². The number of fused-ring (bicyclic) bond motifs is 3. The fraction of sp³-hybridized carbons (Fsp3) is 0.125. The fourth-order valence-corrected chi connectivity index (χ4v) is 5.18. The molecule has 0 radical (unpaired) electrons. The molecule has 0 aliphatic heterocycles. The molecule has 0 aliphatic rings. The topological polar surface area (TPSA) is 53.5 Å². The molecule has 6 rings (SSSR count). The third-order valence-corrected chi connectivity index (χ3v) is 7.21. The van der Waals surface area contributed by atoms with E-state index in [0.717, 1.165) is 0 Å². The summed E-state index contributed by atoms with van der Waals surface area (Å²) in [6, 6.07) is 0. The molecule has 0 atom stereocenters. The highest BCUT2D eigenvalue weighted by Crippen LogP contribution is 2.43. The van der Waals surface area contributed by atoms with Crippen molar-refractivity contribution in [2.45, 2.75) is 18.5 Å². The molecule has 0 saturated heterocycles. The lowest BCUT2D eigenvalue weighted by Gasteiger charge is -2.18. The third kappa shape index (κ3) is 4.84. The highest BCUT2D eigenvalue weighted by Gasteiger charge is 2.50. The summed E-state index contributed by atoms with van der Waals surface area (Å²) in [5, 5.41) is -0.292. The van der Waals surface area contributed by atoms with Gasteiger partial charge in [0.1, 0.15) is 16.6 Å². The minimum Gasteiger partial charge on any atom is -0.257 e. The van der Waals surface area contributed by atoms with Gasteiger partial charge < -0.3 is 0 Å². The molecule has 0 aliphatic carbocycles. The average molecular weight is 782 g/mol. The molecule has 6 aromatic rings. The maximum atomic E-state index is 15.3. The molecule has 3 aromatic heterocycles. The standard InChI is InChI=1S/C24BF21N6/c26-4-1-16(13(35)10(32)7(4)29)50(47-19(1)22(38,39)40)25(51-17-2(20(48-51)23(41,42)43)5(27)8(30)11(33)14(17)36)52-18-3(21(49-52)24(44,45)46)6(28)9(31)12(34)15(18)37. The van der Waals surface area contributed by atoms with E-state index in [2.05, 4.69) is 15.3 Å².